The molecule has 1 N–H and O–H groups in total. The molecule has 0 fully saturated rings. The second-order valence-electron chi connectivity index (χ2n) is 1.67. The van der Waals surface area contributed by atoms with Crippen molar-refractivity contribution >= 4 is 22.2 Å². The van der Waals surface area contributed by atoms with E-state index in [9.17, 15) is 4.79 Å². The predicted molar refractivity (Wildman–Crippen MR) is 41.5 cm³/mol. The summed E-state index contributed by atoms with van der Waals surface area (Å²) in [5.41, 5.74) is 0.707. The van der Waals surface area contributed by atoms with Crippen LogP contribution in [0.5, 0.6) is 0 Å². The predicted octanol–water partition coefficient (Wildman–Crippen LogP) is -0.911. The smallest absolute Gasteiger partial charge is 0.870 e. The van der Waals surface area contributed by atoms with Crippen LogP contribution in [-0.4, -0.2) is 11.8 Å². The van der Waals surface area contributed by atoms with Gasteiger partial charge >= 0.3 is 29.6 Å². The Balaban J connectivity index is 0. The Kier molecular flexibility index (Phi) is 8.84. The zero-order valence-electron chi connectivity index (χ0n) is 6.12. The molecule has 0 aliphatic rings. The van der Waals surface area contributed by atoms with E-state index >= 15 is 0 Å². The van der Waals surface area contributed by atoms with Gasteiger partial charge in [-0.3, -0.25) is 4.79 Å². The SMILES string of the molecule is O=Cc1ccc(Br)cc1.[Na+].[OH-]. The first-order valence-corrected chi connectivity index (χ1v) is 3.33. The van der Waals surface area contributed by atoms with E-state index in [1.54, 1.807) is 12.1 Å². The molecule has 0 saturated heterocycles. The maximum atomic E-state index is 10.1. The van der Waals surface area contributed by atoms with Gasteiger partial charge in [-0.05, 0) is 12.1 Å². The first-order chi connectivity index (χ1) is 4.33. The standard InChI is InChI=1S/C7H5BrO.Na.H2O/c8-7-3-1-6(5-9)2-4-7;;/h1-5H;;1H2/q;+1;/p-1. The molecule has 4 heteroatoms. The molecule has 0 aliphatic heterocycles. The van der Waals surface area contributed by atoms with E-state index in [0.717, 1.165) is 10.8 Å². The number of halogens is 1. The van der Waals surface area contributed by atoms with E-state index in [4.69, 9.17) is 0 Å². The van der Waals surface area contributed by atoms with Gasteiger partial charge in [-0.15, -0.1) is 0 Å². The largest absolute Gasteiger partial charge is 1.00 e. The maximum Gasteiger partial charge on any atom is 1.00 e. The zero-order valence-corrected chi connectivity index (χ0v) is 9.71. The van der Waals surface area contributed by atoms with Gasteiger partial charge in [0, 0.05) is 10.0 Å². The molecule has 0 bridgehead atoms. The molecule has 0 heterocycles. The first-order valence-electron chi connectivity index (χ1n) is 2.53. The van der Waals surface area contributed by atoms with Gasteiger partial charge in [0.15, 0.2) is 0 Å². The van der Waals surface area contributed by atoms with E-state index < -0.39 is 0 Å². The van der Waals surface area contributed by atoms with Crippen LogP contribution >= 0.6 is 15.9 Å². The van der Waals surface area contributed by atoms with Crippen molar-refractivity contribution in [1.82, 2.24) is 0 Å². The Morgan fingerprint density at radius 3 is 2.00 bits per heavy atom. The van der Waals surface area contributed by atoms with E-state index in [0.29, 0.717) is 5.56 Å². The Morgan fingerprint density at radius 2 is 1.64 bits per heavy atom. The molecule has 0 spiro atoms. The molecule has 11 heavy (non-hydrogen) atoms. The van der Waals surface area contributed by atoms with Gasteiger partial charge in [0.25, 0.3) is 0 Å². The minimum Gasteiger partial charge on any atom is -0.870 e. The second kappa shape index (κ2) is 7.00. The molecule has 1 rings (SSSR count). The average Bonchev–Trinajstić information content (AvgIpc) is 1.90. The molecule has 0 aromatic heterocycles. The summed E-state index contributed by atoms with van der Waals surface area (Å²) in [6.07, 6.45) is 0.826. The Labute approximate surface area is 95.7 Å². The van der Waals surface area contributed by atoms with Crippen molar-refractivity contribution in [2.45, 2.75) is 0 Å². The fourth-order valence-electron chi connectivity index (χ4n) is 0.541. The van der Waals surface area contributed by atoms with E-state index in [1.165, 1.54) is 0 Å². The number of benzene rings is 1. The molecule has 2 nitrogen and oxygen atoms in total. The van der Waals surface area contributed by atoms with Gasteiger partial charge in [0.05, 0.1) is 0 Å². The monoisotopic (exact) mass is 224 g/mol. The third-order valence-electron chi connectivity index (χ3n) is 1.01. The molecular weight excluding hydrogens is 219 g/mol. The van der Waals surface area contributed by atoms with Gasteiger partial charge in [-0.1, -0.05) is 28.1 Å². The van der Waals surface area contributed by atoms with E-state index in [1.807, 2.05) is 12.1 Å². The number of carbonyl (C=O) groups is 1. The summed E-state index contributed by atoms with van der Waals surface area (Å²) in [5.74, 6) is 0. The van der Waals surface area contributed by atoms with Gasteiger partial charge in [-0.25, -0.2) is 0 Å². The second-order valence-corrected chi connectivity index (χ2v) is 2.59. The van der Waals surface area contributed by atoms with Crippen LogP contribution in [0.3, 0.4) is 0 Å². The summed E-state index contributed by atoms with van der Waals surface area (Å²) >= 11 is 3.26. The molecule has 0 saturated carbocycles. The molecule has 0 unspecified atom stereocenters. The van der Waals surface area contributed by atoms with Crippen LogP contribution in [0, 0.1) is 0 Å². The third-order valence-corrected chi connectivity index (χ3v) is 1.53. The Hall–Kier alpha value is 0.330. The van der Waals surface area contributed by atoms with Gasteiger partial charge in [0.1, 0.15) is 6.29 Å². The normalized spacial score (nSPS) is 7.36. The summed E-state index contributed by atoms with van der Waals surface area (Å²) in [4.78, 5) is 10.1. The summed E-state index contributed by atoms with van der Waals surface area (Å²) in [6, 6.07) is 7.20. The minimum atomic E-state index is 0. The molecular formula is C7H6BrNaO2. The van der Waals surface area contributed by atoms with Crippen LogP contribution in [0.1, 0.15) is 10.4 Å². The molecule has 0 amide bonds. The summed E-state index contributed by atoms with van der Waals surface area (Å²) in [6.45, 7) is 0. The summed E-state index contributed by atoms with van der Waals surface area (Å²) in [5, 5.41) is 0. The van der Waals surface area contributed by atoms with Crippen LogP contribution in [-0.2, 0) is 0 Å². The van der Waals surface area contributed by atoms with Crippen molar-refractivity contribution in [3.63, 3.8) is 0 Å². The fourth-order valence-corrected chi connectivity index (χ4v) is 0.806. The minimum absolute atomic E-state index is 0. The third kappa shape index (κ3) is 4.71. The number of carbonyl (C=O) groups excluding carboxylic acids is 1. The number of hydrogen-bond acceptors (Lipinski definition) is 2. The molecule has 0 aliphatic carbocycles. The van der Waals surface area contributed by atoms with Crippen molar-refractivity contribution in [2.24, 2.45) is 0 Å². The van der Waals surface area contributed by atoms with Crippen LogP contribution in [0.4, 0.5) is 0 Å². The first kappa shape index (κ1) is 13.9. The number of aldehydes is 1. The van der Waals surface area contributed by atoms with E-state index in [-0.39, 0.29) is 35.0 Å². The number of hydrogen-bond donors (Lipinski definition) is 0. The maximum absolute atomic E-state index is 10.1. The van der Waals surface area contributed by atoms with Crippen molar-refractivity contribution < 1.29 is 39.8 Å². The van der Waals surface area contributed by atoms with E-state index in [2.05, 4.69) is 15.9 Å². The van der Waals surface area contributed by atoms with Gasteiger partial charge in [0.2, 0.25) is 0 Å². The zero-order chi connectivity index (χ0) is 6.69. The van der Waals surface area contributed by atoms with Crippen LogP contribution in [0.25, 0.3) is 0 Å². The summed E-state index contributed by atoms with van der Waals surface area (Å²) in [7, 11) is 0. The quantitative estimate of drug-likeness (QED) is 0.458. The van der Waals surface area contributed by atoms with Gasteiger partial charge in [-0.2, -0.15) is 0 Å². The Bertz CT molecular complexity index is 210. The number of rotatable bonds is 1. The van der Waals surface area contributed by atoms with Crippen molar-refractivity contribution in [1.29, 1.82) is 0 Å². The topological polar surface area (TPSA) is 47.1 Å². The van der Waals surface area contributed by atoms with Crippen molar-refractivity contribution in [3.8, 4) is 0 Å². The van der Waals surface area contributed by atoms with Crippen LogP contribution < -0.4 is 29.6 Å². The molecule has 0 radical (unpaired) electrons. The fraction of sp³-hybridized carbons (Fsp3) is 0. The molecule has 1 aromatic carbocycles. The molecule has 54 valence electrons. The summed E-state index contributed by atoms with van der Waals surface area (Å²) < 4.78 is 0.994. The Morgan fingerprint density at radius 1 is 1.18 bits per heavy atom. The average molecular weight is 225 g/mol. The molecule has 1 aromatic rings. The van der Waals surface area contributed by atoms with Crippen molar-refractivity contribution in [2.75, 3.05) is 0 Å². The van der Waals surface area contributed by atoms with Crippen LogP contribution in [0.15, 0.2) is 28.7 Å². The molecule has 0 atom stereocenters. The van der Waals surface area contributed by atoms with Gasteiger partial charge < -0.3 is 5.48 Å². The van der Waals surface area contributed by atoms with Crippen molar-refractivity contribution in [3.05, 3.63) is 34.3 Å². The van der Waals surface area contributed by atoms with Crippen LogP contribution in [0.2, 0.25) is 0 Å².